The van der Waals surface area contributed by atoms with Crippen molar-refractivity contribution in [3.63, 3.8) is 0 Å². The molecule has 0 bridgehead atoms. The summed E-state index contributed by atoms with van der Waals surface area (Å²) in [6.07, 6.45) is -1.60. The molecule has 0 amide bonds. The van der Waals surface area contributed by atoms with Gasteiger partial charge in [-0.1, -0.05) is 18.2 Å². The van der Waals surface area contributed by atoms with Gasteiger partial charge in [-0.15, -0.1) is 0 Å². The number of benzene rings is 1. The average Bonchev–Trinajstić information content (AvgIpc) is 3.25. The molecule has 0 aliphatic heterocycles. The van der Waals surface area contributed by atoms with Gasteiger partial charge in [0.15, 0.2) is 0 Å². The summed E-state index contributed by atoms with van der Waals surface area (Å²) in [6.45, 7) is -1.90. The molecule has 0 atom stereocenters. The molecular weight excluding hydrogens is 423 g/mol. The van der Waals surface area contributed by atoms with Gasteiger partial charge in [0.2, 0.25) is 5.95 Å². The van der Waals surface area contributed by atoms with Crippen molar-refractivity contribution >= 4 is 28.4 Å². The first kappa shape index (κ1) is 20.4. The van der Waals surface area contributed by atoms with E-state index in [0.29, 0.717) is 15.9 Å². The Morgan fingerprint density at radius 2 is 1.71 bits per heavy atom. The maximum absolute atomic E-state index is 13.7. The number of fused-ring (bicyclic) bond motifs is 1. The van der Waals surface area contributed by atoms with Gasteiger partial charge in [-0.25, -0.2) is 4.98 Å². The summed E-state index contributed by atoms with van der Waals surface area (Å²) in [4.78, 5) is 22.1. The van der Waals surface area contributed by atoms with Crippen LogP contribution in [0, 0.1) is 0 Å². The Labute approximate surface area is 170 Å². The molecule has 0 fully saturated rings. The largest absolute Gasteiger partial charge is 0.455 e. The third-order valence-electron chi connectivity index (χ3n) is 4.44. The highest BCUT2D eigenvalue weighted by Crippen LogP contribution is 2.37. The summed E-state index contributed by atoms with van der Waals surface area (Å²) in [5.41, 5.74) is -0.341. The monoisotopic (exact) mass is 436 g/mol. The first-order valence-corrected chi connectivity index (χ1v) is 8.82. The van der Waals surface area contributed by atoms with E-state index in [0.717, 1.165) is 6.07 Å². The van der Waals surface area contributed by atoms with Crippen LogP contribution in [0.3, 0.4) is 0 Å². The van der Waals surface area contributed by atoms with E-state index in [4.69, 9.17) is 0 Å². The highest BCUT2D eigenvalue weighted by Gasteiger charge is 2.57. The maximum Gasteiger partial charge on any atom is 0.455 e. The van der Waals surface area contributed by atoms with Crippen LogP contribution in [0.4, 0.5) is 39.3 Å². The molecule has 4 aromatic rings. The minimum Gasteiger partial charge on any atom is -0.286 e. The van der Waals surface area contributed by atoms with Gasteiger partial charge in [0.1, 0.15) is 12.2 Å². The SMILES string of the molecule is O=c1ccc2cnc(N(c3ccccc3)c3cn[nH]c3)nc2n1CC(F)(F)C(F)(F)F. The lowest BCUT2D eigenvalue weighted by Gasteiger charge is -2.23. The summed E-state index contributed by atoms with van der Waals surface area (Å²) in [6, 6.07) is 10.8. The number of aromatic nitrogens is 5. The lowest BCUT2D eigenvalue weighted by atomic mass is 10.2. The van der Waals surface area contributed by atoms with Crippen LogP contribution >= 0.6 is 0 Å². The van der Waals surface area contributed by atoms with Gasteiger partial charge < -0.3 is 0 Å². The van der Waals surface area contributed by atoms with E-state index >= 15 is 0 Å². The fourth-order valence-electron chi connectivity index (χ4n) is 2.93. The van der Waals surface area contributed by atoms with E-state index in [2.05, 4.69) is 20.2 Å². The van der Waals surface area contributed by atoms with E-state index in [1.807, 2.05) is 0 Å². The fourth-order valence-corrected chi connectivity index (χ4v) is 2.93. The predicted octanol–water partition coefficient (Wildman–Crippen LogP) is 4.18. The number of aromatic amines is 1. The van der Waals surface area contributed by atoms with Crippen LogP contribution in [0.5, 0.6) is 0 Å². The highest BCUT2D eigenvalue weighted by molar-refractivity contribution is 5.78. The van der Waals surface area contributed by atoms with Gasteiger partial charge >= 0.3 is 12.1 Å². The number of alkyl halides is 5. The minimum atomic E-state index is -5.82. The number of H-pyrrole nitrogens is 1. The zero-order valence-corrected chi connectivity index (χ0v) is 15.5. The lowest BCUT2D eigenvalue weighted by molar-refractivity contribution is -0.286. The second kappa shape index (κ2) is 7.45. The molecule has 0 saturated carbocycles. The van der Waals surface area contributed by atoms with E-state index in [1.165, 1.54) is 29.6 Å². The molecule has 0 radical (unpaired) electrons. The summed E-state index contributed by atoms with van der Waals surface area (Å²) in [5.74, 6) is -5.17. The molecule has 0 unspecified atom stereocenters. The average molecular weight is 436 g/mol. The Morgan fingerprint density at radius 1 is 0.968 bits per heavy atom. The standard InChI is InChI=1S/C19H13F5N6O/c20-18(21,19(22,23)24)11-29-15(31)7-6-12-8-25-17(28-16(12)29)30(14-9-26-27-10-14)13-4-2-1-3-5-13/h1-10H,11H2,(H,26,27). The molecular formula is C19H13F5N6O. The van der Waals surface area contributed by atoms with Crippen LogP contribution < -0.4 is 10.5 Å². The number of para-hydroxylation sites is 1. The van der Waals surface area contributed by atoms with Crippen molar-refractivity contribution < 1.29 is 22.0 Å². The lowest BCUT2D eigenvalue weighted by Crippen LogP contribution is -2.43. The second-order valence-corrected chi connectivity index (χ2v) is 6.54. The van der Waals surface area contributed by atoms with Gasteiger partial charge in [0.05, 0.1) is 11.9 Å². The van der Waals surface area contributed by atoms with Crippen molar-refractivity contribution in [3.8, 4) is 0 Å². The van der Waals surface area contributed by atoms with Crippen LogP contribution in [-0.4, -0.2) is 36.8 Å². The second-order valence-electron chi connectivity index (χ2n) is 6.54. The van der Waals surface area contributed by atoms with E-state index in [-0.39, 0.29) is 17.0 Å². The molecule has 160 valence electrons. The van der Waals surface area contributed by atoms with Crippen LogP contribution in [0.2, 0.25) is 0 Å². The zero-order valence-electron chi connectivity index (χ0n) is 15.5. The molecule has 3 heterocycles. The first-order chi connectivity index (χ1) is 14.7. The molecule has 12 heteroatoms. The van der Waals surface area contributed by atoms with Gasteiger partial charge in [-0.2, -0.15) is 32.0 Å². The minimum absolute atomic E-state index is 0.0465. The number of halogens is 5. The Kier molecular flexibility index (Phi) is 4.91. The molecule has 7 nitrogen and oxygen atoms in total. The fraction of sp³-hybridized carbons (Fsp3) is 0.158. The Balaban J connectivity index is 1.90. The van der Waals surface area contributed by atoms with Gasteiger partial charge in [-0.05, 0) is 18.2 Å². The highest BCUT2D eigenvalue weighted by atomic mass is 19.4. The van der Waals surface area contributed by atoms with Crippen molar-refractivity contribution in [2.75, 3.05) is 4.90 Å². The van der Waals surface area contributed by atoms with Crippen LogP contribution in [0.15, 0.2) is 65.8 Å². The normalized spacial score (nSPS) is 12.3. The van der Waals surface area contributed by atoms with Crippen molar-refractivity contribution in [1.82, 2.24) is 24.7 Å². The van der Waals surface area contributed by atoms with E-state index in [1.54, 1.807) is 30.3 Å². The zero-order chi connectivity index (χ0) is 22.2. The Morgan fingerprint density at radius 3 is 2.35 bits per heavy atom. The van der Waals surface area contributed by atoms with Crippen molar-refractivity contribution in [3.05, 3.63) is 71.4 Å². The van der Waals surface area contributed by atoms with E-state index < -0.39 is 24.2 Å². The molecule has 0 saturated heterocycles. The number of nitrogens with zero attached hydrogens (tertiary/aromatic N) is 5. The number of anilines is 3. The quantitative estimate of drug-likeness (QED) is 0.475. The van der Waals surface area contributed by atoms with Gasteiger partial charge in [0.25, 0.3) is 5.56 Å². The molecule has 1 N–H and O–H groups in total. The van der Waals surface area contributed by atoms with Crippen molar-refractivity contribution in [2.45, 2.75) is 18.6 Å². The molecule has 31 heavy (non-hydrogen) atoms. The van der Waals surface area contributed by atoms with Crippen molar-refractivity contribution in [1.29, 1.82) is 0 Å². The molecule has 4 rings (SSSR count). The number of rotatable bonds is 5. The topological polar surface area (TPSA) is 79.7 Å². The van der Waals surface area contributed by atoms with Crippen LogP contribution in [-0.2, 0) is 6.54 Å². The third kappa shape index (κ3) is 3.83. The first-order valence-electron chi connectivity index (χ1n) is 8.82. The summed E-state index contributed by atoms with van der Waals surface area (Å²) in [5, 5.41) is 6.62. The van der Waals surface area contributed by atoms with Crippen molar-refractivity contribution in [2.24, 2.45) is 0 Å². The molecule has 0 spiro atoms. The number of pyridine rings is 1. The number of nitrogens with one attached hydrogen (secondary N) is 1. The third-order valence-corrected chi connectivity index (χ3v) is 4.44. The summed E-state index contributed by atoms with van der Waals surface area (Å²) >= 11 is 0. The molecule has 1 aromatic carbocycles. The maximum atomic E-state index is 13.7. The van der Waals surface area contributed by atoms with E-state index in [9.17, 15) is 26.7 Å². The number of hydrogen-bond donors (Lipinski definition) is 1. The van der Waals surface area contributed by atoms with Gasteiger partial charge in [0, 0.05) is 29.5 Å². The molecule has 3 aromatic heterocycles. The number of hydrogen-bond acceptors (Lipinski definition) is 5. The van der Waals surface area contributed by atoms with Gasteiger partial charge in [-0.3, -0.25) is 19.4 Å². The Hall–Kier alpha value is -3.83. The molecule has 0 aliphatic carbocycles. The summed E-state index contributed by atoms with van der Waals surface area (Å²) < 4.78 is 66.0. The van der Waals surface area contributed by atoms with Crippen LogP contribution in [0.1, 0.15) is 0 Å². The molecule has 0 aliphatic rings. The Bertz CT molecular complexity index is 1250. The predicted molar refractivity (Wildman–Crippen MR) is 102 cm³/mol. The summed E-state index contributed by atoms with van der Waals surface area (Å²) in [7, 11) is 0. The smallest absolute Gasteiger partial charge is 0.286 e. The van der Waals surface area contributed by atoms with Crippen LogP contribution in [0.25, 0.3) is 11.0 Å².